The van der Waals surface area contributed by atoms with Crippen LogP contribution >= 0.6 is 0 Å². The van der Waals surface area contributed by atoms with Crippen molar-refractivity contribution in [3.8, 4) is 11.3 Å². The Bertz CT molecular complexity index is 906. The number of rotatable bonds is 6. The number of carbonyl (C=O) groups is 2. The monoisotopic (exact) mass is 348 g/mol. The summed E-state index contributed by atoms with van der Waals surface area (Å²) < 4.78 is 0. The highest BCUT2D eigenvalue weighted by Gasteiger charge is 2.08. The van der Waals surface area contributed by atoms with E-state index in [1.165, 1.54) is 12.4 Å². The Labute approximate surface area is 149 Å². The predicted molar refractivity (Wildman–Crippen MR) is 96.3 cm³/mol. The molecular weight excluding hydrogens is 332 g/mol. The van der Waals surface area contributed by atoms with E-state index >= 15 is 0 Å². The Morgan fingerprint density at radius 1 is 1.12 bits per heavy atom. The van der Waals surface area contributed by atoms with Crippen LogP contribution in [-0.4, -0.2) is 39.8 Å². The van der Waals surface area contributed by atoms with Crippen LogP contribution in [0.1, 0.15) is 15.9 Å². The van der Waals surface area contributed by atoms with Crippen molar-refractivity contribution in [1.82, 2.24) is 25.9 Å². The molecule has 0 bridgehead atoms. The molecule has 0 atom stereocenters. The number of amides is 2. The smallest absolute Gasteiger partial charge is 0.259 e. The number of aromatic amines is 1. The van der Waals surface area contributed by atoms with Crippen LogP contribution in [0.2, 0.25) is 0 Å². The maximum Gasteiger partial charge on any atom is 0.259 e. The van der Waals surface area contributed by atoms with Gasteiger partial charge >= 0.3 is 0 Å². The third-order valence-corrected chi connectivity index (χ3v) is 3.46. The van der Waals surface area contributed by atoms with Crippen molar-refractivity contribution in [2.45, 2.75) is 0 Å². The van der Waals surface area contributed by atoms with E-state index in [9.17, 15) is 9.59 Å². The van der Waals surface area contributed by atoms with E-state index in [4.69, 9.17) is 0 Å². The molecule has 0 aliphatic carbocycles. The lowest BCUT2D eigenvalue weighted by atomic mass is 10.1. The number of hydrogen-bond donors (Lipinski definition) is 3. The zero-order valence-corrected chi connectivity index (χ0v) is 13.7. The number of nitrogens with one attached hydrogen (secondary N) is 3. The minimum Gasteiger partial charge on any atom is -0.343 e. The summed E-state index contributed by atoms with van der Waals surface area (Å²) in [7, 11) is 0. The van der Waals surface area contributed by atoms with Gasteiger partial charge in [0.25, 0.3) is 11.8 Å². The Morgan fingerprint density at radius 2 is 1.96 bits per heavy atom. The van der Waals surface area contributed by atoms with E-state index in [0.29, 0.717) is 5.56 Å². The first kappa shape index (κ1) is 17.0. The molecular formula is C18H16N6O2. The van der Waals surface area contributed by atoms with Crippen molar-refractivity contribution in [3.63, 3.8) is 0 Å². The average Bonchev–Trinajstić information content (AvgIpc) is 3.16. The molecule has 2 heterocycles. The van der Waals surface area contributed by atoms with Crippen molar-refractivity contribution in [2.24, 2.45) is 5.10 Å². The van der Waals surface area contributed by atoms with Crippen molar-refractivity contribution in [3.05, 3.63) is 72.2 Å². The molecule has 0 saturated heterocycles. The molecule has 0 fully saturated rings. The van der Waals surface area contributed by atoms with Gasteiger partial charge in [0.05, 0.1) is 30.2 Å². The summed E-state index contributed by atoms with van der Waals surface area (Å²) in [5.41, 5.74) is 5.24. The normalized spacial score (nSPS) is 10.6. The molecule has 0 aliphatic heterocycles. The van der Waals surface area contributed by atoms with E-state index in [-0.39, 0.29) is 12.5 Å². The van der Waals surface area contributed by atoms with E-state index < -0.39 is 5.91 Å². The van der Waals surface area contributed by atoms with Crippen LogP contribution < -0.4 is 10.7 Å². The van der Waals surface area contributed by atoms with Gasteiger partial charge < -0.3 is 5.32 Å². The van der Waals surface area contributed by atoms with Gasteiger partial charge in [-0.1, -0.05) is 30.3 Å². The minimum atomic E-state index is -0.441. The van der Waals surface area contributed by atoms with Crippen LogP contribution in [0.15, 0.2) is 66.2 Å². The fraction of sp³-hybridized carbons (Fsp3) is 0.0556. The quantitative estimate of drug-likeness (QED) is 0.461. The molecule has 3 rings (SSSR count). The first-order chi connectivity index (χ1) is 12.7. The lowest BCUT2D eigenvalue weighted by Gasteiger charge is -2.03. The molecule has 3 N–H and O–H groups in total. The maximum absolute atomic E-state index is 11.8. The summed E-state index contributed by atoms with van der Waals surface area (Å²) >= 11 is 0. The van der Waals surface area contributed by atoms with Gasteiger partial charge in [0.1, 0.15) is 0 Å². The summed E-state index contributed by atoms with van der Waals surface area (Å²) in [4.78, 5) is 27.5. The number of hydrogen-bond acceptors (Lipinski definition) is 5. The van der Waals surface area contributed by atoms with Gasteiger partial charge in [-0.2, -0.15) is 10.2 Å². The molecule has 0 aliphatic rings. The molecule has 3 aromatic rings. The largest absolute Gasteiger partial charge is 0.343 e. The number of benzene rings is 1. The Balaban J connectivity index is 1.52. The van der Waals surface area contributed by atoms with Crippen LogP contribution in [0.3, 0.4) is 0 Å². The molecule has 8 nitrogen and oxygen atoms in total. The summed E-state index contributed by atoms with van der Waals surface area (Å²) in [5.74, 6) is -0.818. The summed E-state index contributed by atoms with van der Waals surface area (Å²) in [6.07, 6.45) is 6.10. The fourth-order valence-corrected chi connectivity index (χ4v) is 2.20. The lowest BCUT2D eigenvalue weighted by molar-refractivity contribution is -0.120. The summed E-state index contributed by atoms with van der Waals surface area (Å²) in [6.45, 7) is -0.192. The van der Waals surface area contributed by atoms with Crippen LogP contribution in [0.4, 0.5) is 0 Å². The third-order valence-electron chi connectivity index (χ3n) is 3.46. The van der Waals surface area contributed by atoms with E-state index in [0.717, 1.165) is 16.8 Å². The highest BCUT2D eigenvalue weighted by Crippen LogP contribution is 2.18. The second-order valence-electron chi connectivity index (χ2n) is 5.28. The minimum absolute atomic E-state index is 0.192. The second-order valence-corrected chi connectivity index (χ2v) is 5.28. The van der Waals surface area contributed by atoms with Crippen LogP contribution in [-0.2, 0) is 4.79 Å². The van der Waals surface area contributed by atoms with Gasteiger partial charge in [-0.05, 0) is 12.1 Å². The lowest BCUT2D eigenvalue weighted by Crippen LogP contribution is -2.34. The predicted octanol–water partition coefficient (Wildman–Crippen LogP) is 1.35. The number of H-pyrrole nitrogens is 1. The first-order valence-corrected chi connectivity index (χ1v) is 7.83. The van der Waals surface area contributed by atoms with Crippen LogP contribution in [0.25, 0.3) is 11.3 Å². The van der Waals surface area contributed by atoms with E-state index in [1.807, 2.05) is 30.3 Å². The third kappa shape index (κ3) is 4.38. The Morgan fingerprint density at radius 3 is 2.73 bits per heavy atom. The number of nitrogens with zero attached hydrogens (tertiary/aromatic N) is 3. The fourth-order valence-electron chi connectivity index (χ4n) is 2.20. The SMILES string of the molecule is O=C(CNC(=O)c1cccnc1)NN=Cc1cn[nH]c1-c1ccccc1. The van der Waals surface area contributed by atoms with Crippen LogP contribution in [0.5, 0.6) is 0 Å². The molecule has 130 valence electrons. The standard InChI is InChI=1S/C18H16N6O2/c25-16(12-20-18(26)14-7-4-8-19-9-14)23-21-10-15-11-22-24-17(15)13-5-2-1-3-6-13/h1-11H,12H2,(H,20,26)(H,22,24)(H,23,25). The summed E-state index contributed by atoms with van der Waals surface area (Å²) in [6, 6.07) is 12.9. The molecule has 0 spiro atoms. The van der Waals surface area contributed by atoms with Crippen molar-refractivity contribution in [1.29, 1.82) is 0 Å². The van der Waals surface area contributed by atoms with Crippen molar-refractivity contribution < 1.29 is 9.59 Å². The molecule has 0 radical (unpaired) electrons. The molecule has 2 amide bonds. The average molecular weight is 348 g/mol. The maximum atomic E-state index is 11.8. The van der Waals surface area contributed by atoms with Gasteiger partial charge in [0, 0.05) is 23.5 Å². The van der Waals surface area contributed by atoms with Gasteiger partial charge in [-0.3, -0.25) is 19.7 Å². The van der Waals surface area contributed by atoms with E-state index in [1.54, 1.807) is 24.5 Å². The van der Waals surface area contributed by atoms with Gasteiger partial charge in [0.15, 0.2) is 0 Å². The molecule has 0 saturated carbocycles. The van der Waals surface area contributed by atoms with Gasteiger partial charge in [-0.25, -0.2) is 5.43 Å². The molecule has 8 heteroatoms. The number of hydrazone groups is 1. The van der Waals surface area contributed by atoms with Crippen molar-refractivity contribution in [2.75, 3.05) is 6.54 Å². The number of aromatic nitrogens is 3. The molecule has 0 unspecified atom stereocenters. The van der Waals surface area contributed by atoms with E-state index in [2.05, 4.69) is 31.0 Å². The highest BCUT2D eigenvalue weighted by molar-refractivity contribution is 5.96. The van der Waals surface area contributed by atoms with Crippen LogP contribution in [0, 0.1) is 0 Å². The second kappa shape index (κ2) is 8.34. The zero-order chi connectivity index (χ0) is 18.2. The summed E-state index contributed by atoms with van der Waals surface area (Å²) in [5, 5.41) is 13.3. The topological polar surface area (TPSA) is 112 Å². The highest BCUT2D eigenvalue weighted by atomic mass is 16.2. The molecule has 26 heavy (non-hydrogen) atoms. The van der Waals surface area contributed by atoms with Crippen molar-refractivity contribution >= 4 is 18.0 Å². The molecule has 1 aromatic carbocycles. The zero-order valence-electron chi connectivity index (χ0n) is 13.7. The Kier molecular flexibility index (Phi) is 5.46. The van der Waals surface area contributed by atoms with Gasteiger partial charge in [-0.15, -0.1) is 0 Å². The molecule has 2 aromatic heterocycles. The first-order valence-electron chi connectivity index (χ1n) is 7.83. The van der Waals surface area contributed by atoms with Gasteiger partial charge in [0.2, 0.25) is 0 Å². The number of carbonyl (C=O) groups excluding carboxylic acids is 2. The number of pyridine rings is 1. The Hall–Kier alpha value is -3.81.